The van der Waals surface area contributed by atoms with E-state index in [9.17, 15) is 5.11 Å². The fourth-order valence-electron chi connectivity index (χ4n) is 1.43. The van der Waals surface area contributed by atoms with E-state index in [1.165, 1.54) is 0 Å². The molecular weight excluding hydrogens is 178 g/mol. The van der Waals surface area contributed by atoms with Crippen molar-refractivity contribution in [1.82, 2.24) is 4.98 Å². The van der Waals surface area contributed by atoms with E-state index in [-0.39, 0.29) is 5.75 Å². The maximum atomic E-state index is 9.58. The first-order chi connectivity index (χ1) is 6.72. The maximum absolute atomic E-state index is 9.58. The van der Waals surface area contributed by atoms with Crippen LogP contribution in [0.4, 0.5) is 0 Å². The summed E-state index contributed by atoms with van der Waals surface area (Å²) >= 11 is 0. The average molecular weight is 189 g/mol. The molecular formula is C11H11NO2. The molecule has 72 valence electrons. The van der Waals surface area contributed by atoms with Crippen molar-refractivity contribution in [2.24, 2.45) is 0 Å². The zero-order chi connectivity index (χ0) is 10.1. The van der Waals surface area contributed by atoms with E-state index in [1.807, 2.05) is 19.1 Å². The zero-order valence-corrected chi connectivity index (χ0v) is 8.11. The maximum Gasteiger partial charge on any atom is 0.213 e. The van der Waals surface area contributed by atoms with Crippen LogP contribution in [0.3, 0.4) is 0 Å². The minimum Gasteiger partial charge on any atom is -0.507 e. The second-order valence-corrected chi connectivity index (χ2v) is 3.15. The fraction of sp³-hybridized carbons (Fsp3) is 0.182. The Bertz CT molecular complexity index is 480. The molecule has 2 aromatic rings. The van der Waals surface area contributed by atoms with Gasteiger partial charge in [0.25, 0.3) is 0 Å². The minimum atomic E-state index is 0.251. The van der Waals surface area contributed by atoms with E-state index in [1.54, 1.807) is 19.2 Å². The summed E-state index contributed by atoms with van der Waals surface area (Å²) in [4.78, 5) is 4.27. The molecule has 0 aliphatic heterocycles. The first-order valence-electron chi connectivity index (χ1n) is 4.35. The van der Waals surface area contributed by atoms with Gasteiger partial charge in [0, 0.05) is 11.5 Å². The van der Waals surface area contributed by atoms with Crippen molar-refractivity contribution in [2.45, 2.75) is 6.92 Å². The first-order valence-corrected chi connectivity index (χ1v) is 4.35. The number of phenols is 1. The Morgan fingerprint density at radius 1 is 1.21 bits per heavy atom. The van der Waals surface area contributed by atoms with Gasteiger partial charge in [-0.05, 0) is 24.6 Å². The quantitative estimate of drug-likeness (QED) is 0.748. The van der Waals surface area contributed by atoms with E-state index >= 15 is 0 Å². The summed E-state index contributed by atoms with van der Waals surface area (Å²) in [6, 6.07) is 7.06. The molecule has 0 saturated carbocycles. The van der Waals surface area contributed by atoms with Crippen LogP contribution in [0.1, 0.15) is 5.56 Å². The predicted molar refractivity (Wildman–Crippen MR) is 54.7 cm³/mol. The number of benzene rings is 1. The Balaban J connectivity index is 2.80. The number of nitrogens with zero attached hydrogens (tertiary/aromatic N) is 1. The molecule has 0 aliphatic rings. The molecule has 1 aromatic heterocycles. The number of aryl methyl sites for hydroxylation is 1. The van der Waals surface area contributed by atoms with Crippen molar-refractivity contribution in [1.29, 1.82) is 0 Å². The fourth-order valence-corrected chi connectivity index (χ4v) is 1.43. The van der Waals surface area contributed by atoms with E-state index < -0.39 is 0 Å². The lowest BCUT2D eigenvalue weighted by Crippen LogP contribution is -1.89. The molecule has 1 N–H and O–H groups in total. The number of ether oxygens (including phenoxy) is 1. The number of phenolic OH excluding ortho intramolecular Hbond substituents is 1. The van der Waals surface area contributed by atoms with Crippen LogP contribution in [0.5, 0.6) is 11.6 Å². The molecule has 0 spiro atoms. The molecule has 0 unspecified atom stereocenters. The van der Waals surface area contributed by atoms with Crippen LogP contribution in [0, 0.1) is 6.92 Å². The van der Waals surface area contributed by atoms with Crippen molar-refractivity contribution in [3.63, 3.8) is 0 Å². The number of hydrogen-bond acceptors (Lipinski definition) is 3. The summed E-state index contributed by atoms with van der Waals surface area (Å²) in [6.07, 6.45) is 0. The average Bonchev–Trinajstić information content (AvgIpc) is 2.23. The summed E-state index contributed by atoms with van der Waals surface area (Å²) in [6.45, 7) is 1.95. The summed E-state index contributed by atoms with van der Waals surface area (Å²) in [5.41, 5.74) is 1.81. The lowest BCUT2D eigenvalue weighted by atomic mass is 10.1. The van der Waals surface area contributed by atoms with E-state index in [2.05, 4.69) is 4.98 Å². The van der Waals surface area contributed by atoms with Crippen LogP contribution in [-0.4, -0.2) is 17.2 Å². The number of aromatic nitrogens is 1. The smallest absolute Gasteiger partial charge is 0.213 e. The third-order valence-electron chi connectivity index (χ3n) is 2.22. The monoisotopic (exact) mass is 189 g/mol. The second kappa shape index (κ2) is 3.18. The van der Waals surface area contributed by atoms with Gasteiger partial charge in [0.2, 0.25) is 5.88 Å². The SMILES string of the molecule is COc1ccc2c(O)ccc(C)c2n1. The predicted octanol–water partition coefficient (Wildman–Crippen LogP) is 2.26. The lowest BCUT2D eigenvalue weighted by Gasteiger charge is -2.05. The Kier molecular flexibility index (Phi) is 2.00. The van der Waals surface area contributed by atoms with E-state index in [4.69, 9.17) is 4.74 Å². The Hall–Kier alpha value is -1.77. The van der Waals surface area contributed by atoms with Gasteiger partial charge in [-0.25, -0.2) is 4.98 Å². The second-order valence-electron chi connectivity index (χ2n) is 3.15. The molecule has 0 amide bonds. The highest BCUT2D eigenvalue weighted by Crippen LogP contribution is 2.27. The van der Waals surface area contributed by atoms with Gasteiger partial charge in [0.1, 0.15) is 5.75 Å². The highest BCUT2D eigenvalue weighted by molar-refractivity contribution is 5.87. The highest BCUT2D eigenvalue weighted by atomic mass is 16.5. The van der Waals surface area contributed by atoms with Gasteiger partial charge in [0.05, 0.1) is 12.6 Å². The molecule has 0 radical (unpaired) electrons. The van der Waals surface area contributed by atoms with Gasteiger partial charge in [-0.2, -0.15) is 0 Å². The lowest BCUT2D eigenvalue weighted by molar-refractivity contribution is 0.399. The van der Waals surface area contributed by atoms with Gasteiger partial charge in [-0.1, -0.05) is 6.07 Å². The molecule has 1 heterocycles. The summed E-state index contributed by atoms with van der Waals surface area (Å²) in [7, 11) is 1.58. The van der Waals surface area contributed by atoms with Crippen LogP contribution < -0.4 is 4.74 Å². The van der Waals surface area contributed by atoms with Crippen molar-refractivity contribution >= 4 is 10.9 Å². The zero-order valence-electron chi connectivity index (χ0n) is 8.11. The molecule has 0 fully saturated rings. The van der Waals surface area contributed by atoms with Gasteiger partial charge in [0.15, 0.2) is 0 Å². The molecule has 1 aromatic carbocycles. The minimum absolute atomic E-state index is 0.251. The largest absolute Gasteiger partial charge is 0.507 e. The number of fused-ring (bicyclic) bond motifs is 1. The summed E-state index contributed by atoms with van der Waals surface area (Å²) in [5.74, 6) is 0.812. The normalized spacial score (nSPS) is 10.4. The van der Waals surface area contributed by atoms with Crippen molar-refractivity contribution in [3.05, 3.63) is 29.8 Å². The number of rotatable bonds is 1. The summed E-state index contributed by atoms with van der Waals surface area (Å²) < 4.78 is 5.02. The van der Waals surface area contributed by atoms with Crippen molar-refractivity contribution in [3.8, 4) is 11.6 Å². The van der Waals surface area contributed by atoms with Crippen LogP contribution in [-0.2, 0) is 0 Å². The molecule has 0 saturated heterocycles. The Labute approximate surface area is 82.0 Å². The molecule has 14 heavy (non-hydrogen) atoms. The Morgan fingerprint density at radius 3 is 2.71 bits per heavy atom. The molecule has 0 aliphatic carbocycles. The van der Waals surface area contributed by atoms with Gasteiger partial charge < -0.3 is 9.84 Å². The van der Waals surface area contributed by atoms with Crippen molar-refractivity contribution in [2.75, 3.05) is 7.11 Å². The number of hydrogen-bond donors (Lipinski definition) is 1. The standard InChI is InChI=1S/C11H11NO2/c1-7-3-5-9(13)8-4-6-10(14-2)12-11(7)8/h3-6,13H,1-2H3. The third kappa shape index (κ3) is 1.27. The summed E-state index contributed by atoms with van der Waals surface area (Å²) in [5, 5.41) is 10.3. The number of methoxy groups -OCH3 is 1. The van der Waals surface area contributed by atoms with Crippen LogP contribution >= 0.6 is 0 Å². The Morgan fingerprint density at radius 2 is 2.00 bits per heavy atom. The first kappa shape index (κ1) is 8.81. The van der Waals surface area contributed by atoms with Crippen LogP contribution in [0.25, 0.3) is 10.9 Å². The molecule has 0 atom stereocenters. The topological polar surface area (TPSA) is 42.4 Å². The van der Waals surface area contributed by atoms with Crippen LogP contribution in [0.2, 0.25) is 0 Å². The molecule has 3 heteroatoms. The third-order valence-corrected chi connectivity index (χ3v) is 2.22. The van der Waals surface area contributed by atoms with E-state index in [0.29, 0.717) is 5.88 Å². The number of pyridine rings is 1. The van der Waals surface area contributed by atoms with Gasteiger partial charge in [-0.15, -0.1) is 0 Å². The molecule has 3 nitrogen and oxygen atoms in total. The van der Waals surface area contributed by atoms with Gasteiger partial charge in [-0.3, -0.25) is 0 Å². The molecule has 2 rings (SSSR count). The number of aromatic hydroxyl groups is 1. The van der Waals surface area contributed by atoms with Gasteiger partial charge >= 0.3 is 0 Å². The molecule has 0 bridgehead atoms. The van der Waals surface area contributed by atoms with Crippen LogP contribution in [0.15, 0.2) is 24.3 Å². The van der Waals surface area contributed by atoms with Crippen molar-refractivity contribution < 1.29 is 9.84 Å². The van der Waals surface area contributed by atoms with E-state index in [0.717, 1.165) is 16.5 Å². The highest BCUT2D eigenvalue weighted by Gasteiger charge is 2.04.